The Hall–Kier alpha value is -2.00. The fourth-order valence-corrected chi connectivity index (χ4v) is 1.98. The summed E-state index contributed by atoms with van der Waals surface area (Å²) in [6.07, 6.45) is 0. The summed E-state index contributed by atoms with van der Waals surface area (Å²) < 4.78 is 11.5. The number of nitrogens with two attached hydrogens (primary N) is 1. The molecule has 0 aliphatic rings. The molecule has 2 N–H and O–H groups in total. The van der Waals surface area contributed by atoms with Crippen molar-refractivity contribution in [2.45, 2.75) is 20.4 Å². The Morgan fingerprint density at radius 3 is 2.35 bits per heavy atom. The summed E-state index contributed by atoms with van der Waals surface area (Å²) in [6.45, 7) is 5.60. The zero-order chi connectivity index (χ0) is 14.4. The smallest absolute Gasteiger partial charge is 0.123 e. The Labute approximate surface area is 120 Å². The molecule has 0 spiro atoms. The summed E-state index contributed by atoms with van der Waals surface area (Å²) in [5.74, 6) is 1.75. The topological polar surface area (TPSA) is 44.5 Å². The van der Waals surface area contributed by atoms with E-state index in [1.165, 1.54) is 5.56 Å². The van der Waals surface area contributed by atoms with E-state index in [1.54, 1.807) is 0 Å². The van der Waals surface area contributed by atoms with Crippen LogP contribution >= 0.6 is 0 Å². The highest BCUT2D eigenvalue weighted by Gasteiger charge is 2.02. The van der Waals surface area contributed by atoms with Crippen molar-refractivity contribution in [3.8, 4) is 11.5 Å². The van der Waals surface area contributed by atoms with Gasteiger partial charge in [-0.05, 0) is 37.1 Å². The van der Waals surface area contributed by atoms with Gasteiger partial charge in [-0.2, -0.15) is 0 Å². The van der Waals surface area contributed by atoms with Gasteiger partial charge in [0.05, 0.1) is 0 Å². The maximum atomic E-state index is 5.76. The molecule has 0 unspecified atom stereocenters. The predicted molar refractivity (Wildman–Crippen MR) is 81.2 cm³/mol. The minimum Gasteiger partial charge on any atom is -0.490 e. The first-order valence-electron chi connectivity index (χ1n) is 6.81. The molecule has 0 fully saturated rings. The van der Waals surface area contributed by atoms with Crippen molar-refractivity contribution in [2.75, 3.05) is 13.2 Å². The molecule has 2 aromatic carbocycles. The molecule has 0 atom stereocenters. The second kappa shape index (κ2) is 6.96. The van der Waals surface area contributed by atoms with Crippen molar-refractivity contribution in [3.05, 3.63) is 59.2 Å². The molecule has 0 saturated heterocycles. The van der Waals surface area contributed by atoms with Gasteiger partial charge >= 0.3 is 0 Å². The first-order chi connectivity index (χ1) is 9.70. The molecule has 106 valence electrons. The van der Waals surface area contributed by atoms with Gasteiger partial charge in [-0.15, -0.1) is 0 Å². The molecule has 3 nitrogen and oxygen atoms in total. The average Bonchev–Trinajstić information content (AvgIpc) is 2.47. The van der Waals surface area contributed by atoms with Crippen LogP contribution in [-0.4, -0.2) is 13.2 Å². The van der Waals surface area contributed by atoms with Crippen LogP contribution in [0.25, 0.3) is 0 Å². The lowest BCUT2D eigenvalue weighted by Gasteiger charge is -2.12. The van der Waals surface area contributed by atoms with Crippen LogP contribution in [0.3, 0.4) is 0 Å². The maximum absolute atomic E-state index is 5.76. The molecule has 2 aromatic rings. The van der Waals surface area contributed by atoms with E-state index in [1.807, 2.05) is 37.3 Å². The molecule has 0 radical (unpaired) electrons. The number of aryl methyl sites for hydroxylation is 2. The summed E-state index contributed by atoms with van der Waals surface area (Å²) in [5, 5.41) is 0. The molecule has 0 heterocycles. The number of hydrogen-bond donors (Lipinski definition) is 1. The first kappa shape index (κ1) is 14.4. The van der Waals surface area contributed by atoms with Crippen LogP contribution in [-0.2, 0) is 6.54 Å². The van der Waals surface area contributed by atoms with Crippen LogP contribution in [0, 0.1) is 13.8 Å². The van der Waals surface area contributed by atoms with Gasteiger partial charge in [-0.25, -0.2) is 0 Å². The van der Waals surface area contributed by atoms with Crippen LogP contribution in [0.1, 0.15) is 16.7 Å². The Bertz CT molecular complexity index is 567. The van der Waals surface area contributed by atoms with Crippen LogP contribution < -0.4 is 15.2 Å². The van der Waals surface area contributed by atoms with E-state index in [4.69, 9.17) is 15.2 Å². The molecule has 2 rings (SSSR count). The van der Waals surface area contributed by atoms with E-state index in [-0.39, 0.29) is 0 Å². The number of para-hydroxylation sites is 1. The molecule has 0 saturated carbocycles. The van der Waals surface area contributed by atoms with Crippen LogP contribution in [0.15, 0.2) is 42.5 Å². The SMILES string of the molecule is Cc1ccc(C)c(OCCOc2ccccc2CN)c1. The van der Waals surface area contributed by atoms with Gasteiger partial charge in [-0.1, -0.05) is 30.3 Å². The first-order valence-corrected chi connectivity index (χ1v) is 6.81. The third-order valence-corrected chi connectivity index (χ3v) is 3.13. The maximum Gasteiger partial charge on any atom is 0.123 e. The number of benzene rings is 2. The number of rotatable bonds is 6. The lowest BCUT2D eigenvalue weighted by molar-refractivity contribution is 0.215. The van der Waals surface area contributed by atoms with E-state index < -0.39 is 0 Å². The van der Waals surface area contributed by atoms with E-state index in [0.29, 0.717) is 19.8 Å². The Morgan fingerprint density at radius 2 is 1.60 bits per heavy atom. The Morgan fingerprint density at radius 1 is 0.900 bits per heavy atom. The van der Waals surface area contributed by atoms with Crippen molar-refractivity contribution >= 4 is 0 Å². The summed E-state index contributed by atoms with van der Waals surface area (Å²) in [4.78, 5) is 0. The van der Waals surface area contributed by atoms with Gasteiger partial charge in [0.2, 0.25) is 0 Å². The minimum atomic E-state index is 0.480. The monoisotopic (exact) mass is 271 g/mol. The molecular formula is C17H21NO2. The number of ether oxygens (including phenoxy) is 2. The van der Waals surface area contributed by atoms with Gasteiger partial charge in [-0.3, -0.25) is 0 Å². The highest BCUT2D eigenvalue weighted by Crippen LogP contribution is 2.20. The second-order valence-corrected chi connectivity index (χ2v) is 4.78. The van der Waals surface area contributed by atoms with E-state index in [0.717, 1.165) is 22.6 Å². The quantitative estimate of drug-likeness (QED) is 0.820. The Kier molecular flexibility index (Phi) is 5.02. The lowest BCUT2D eigenvalue weighted by atomic mass is 10.1. The van der Waals surface area contributed by atoms with Crippen molar-refractivity contribution in [1.29, 1.82) is 0 Å². The van der Waals surface area contributed by atoms with Crippen LogP contribution in [0.2, 0.25) is 0 Å². The lowest BCUT2D eigenvalue weighted by Crippen LogP contribution is -2.11. The van der Waals surface area contributed by atoms with Gasteiger partial charge in [0.25, 0.3) is 0 Å². The van der Waals surface area contributed by atoms with Crippen molar-refractivity contribution in [1.82, 2.24) is 0 Å². The fraction of sp³-hybridized carbons (Fsp3) is 0.294. The van der Waals surface area contributed by atoms with Gasteiger partial charge in [0, 0.05) is 12.1 Å². The van der Waals surface area contributed by atoms with Gasteiger partial charge in [0.1, 0.15) is 24.7 Å². The average molecular weight is 271 g/mol. The fourth-order valence-electron chi connectivity index (χ4n) is 1.98. The van der Waals surface area contributed by atoms with Crippen molar-refractivity contribution < 1.29 is 9.47 Å². The normalized spacial score (nSPS) is 10.3. The van der Waals surface area contributed by atoms with Crippen LogP contribution in [0.5, 0.6) is 11.5 Å². The third-order valence-electron chi connectivity index (χ3n) is 3.13. The molecule has 3 heteroatoms. The summed E-state index contributed by atoms with van der Waals surface area (Å²) >= 11 is 0. The molecule has 0 aromatic heterocycles. The van der Waals surface area contributed by atoms with E-state index >= 15 is 0 Å². The minimum absolute atomic E-state index is 0.480. The van der Waals surface area contributed by atoms with Gasteiger partial charge < -0.3 is 15.2 Å². The van der Waals surface area contributed by atoms with Crippen molar-refractivity contribution in [2.24, 2.45) is 5.73 Å². The van der Waals surface area contributed by atoms with Gasteiger partial charge in [0.15, 0.2) is 0 Å². The zero-order valence-corrected chi connectivity index (χ0v) is 12.1. The summed E-state index contributed by atoms with van der Waals surface area (Å²) in [7, 11) is 0. The molecular weight excluding hydrogens is 250 g/mol. The third kappa shape index (κ3) is 3.75. The summed E-state index contributed by atoms with van der Waals surface area (Å²) in [6, 6.07) is 14.0. The zero-order valence-electron chi connectivity index (χ0n) is 12.1. The highest BCUT2D eigenvalue weighted by molar-refractivity contribution is 5.36. The Balaban J connectivity index is 1.86. The molecule has 0 aliphatic carbocycles. The molecule has 20 heavy (non-hydrogen) atoms. The molecule has 0 amide bonds. The largest absolute Gasteiger partial charge is 0.490 e. The predicted octanol–water partition coefficient (Wildman–Crippen LogP) is 3.22. The number of hydrogen-bond acceptors (Lipinski definition) is 3. The second-order valence-electron chi connectivity index (χ2n) is 4.78. The summed E-state index contributed by atoms with van der Waals surface area (Å²) in [5.41, 5.74) is 9.02. The highest BCUT2D eigenvalue weighted by atomic mass is 16.5. The standard InChI is InChI=1S/C17H21NO2/c1-13-7-8-14(2)17(11-13)20-10-9-19-16-6-4-3-5-15(16)12-18/h3-8,11H,9-10,12,18H2,1-2H3. The van der Waals surface area contributed by atoms with Crippen LogP contribution in [0.4, 0.5) is 0 Å². The molecule has 0 aliphatic heterocycles. The van der Waals surface area contributed by atoms with E-state index in [2.05, 4.69) is 19.1 Å². The van der Waals surface area contributed by atoms with E-state index in [9.17, 15) is 0 Å². The molecule has 0 bridgehead atoms. The van der Waals surface area contributed by atoms with Crippen molar-refractivity contribution in [3.63, 3.8) is 0 Å².